The first-order chi connectivity index (χ1) is 35.6. The van der Waals surface area contributed by atoms with E-state index in [2.05, 4.69) is 60.6 Å². The Morgan fingerprint density at radius 2 is 1.22 bits per heavy atom. The quantitative estimate of drug-likeness (QED) is 0.0162. The normalized spacial score (nSPS) is 12.1. The Morgan fingerprint density at radius 1 is 0.622 bits per heavy atom. The minimum atomic E-state index is -4.70. The summed E-state index contributed by atoms with van der Waals surface area (Å²) in [6.07, 6.45) is 0. The highest BCUT2D eigenvalue weighted by Crippen LogP contribution is 2.45. The predicted molar refractivity (Wildman–Crippen MR) is 274 cm³/mol. The second-order valence-corrected chi connectivity index (χ2v) is 19.2. The zero-order chi connectivity index (χ0) is 52.3. The number of phenols is 1. The van der Waals surface area contributed by atoms with E-state index in [4.69, 9.17) is 14.8 Å². The second-order valence-electron chi connectivity index (χ2n) is 16.3. The van der Waals surface area contributed by atoms with Crippen molar-refractivity contribution >= 4 is 118 Å². The molecule has 1 aromatic heterocycles. The number of carbonyl (C=O) groups is 1. The molecule has 0 saturated carbocycles. The molecule has 0 saturated heterocycles. The number of fused-ring (bicyclic) bond motifs is 4. The maximum Gasteiger partial charge on any atom is 0.338 e. The van der Waals surface area contributed by atoms with Crippen LogP contribution in [0.2, 0.25) is 0 Å². The van der Waals surface area contributed by atoms with Gasteiger partial charge >= 0.3 is 5.97 Å². The average Bonchev–Trinajstić information content (AvgIpc) is 3.83. The van der Waals surface area contributed by atoms with E-state index in [9.17, 15) is 28.0 Å². The van der Waals surface area contributed by atoms with Crippen LogP contribution >= 0.6 is 24.1 Å². The molecule has 74 heavy (non-hydrogen) atoms. The van der Waals surface area contributed by atoms with Crippen LogP contribution in [0, 0.1) is 27.7 Å². The summed E-state index contributed by atoms with van der Waals surface area (Å²) in [5, 5.41) is 87.5. The number of aromatic carboxylic acids is 1. The Bertz CT molecular complexity index is 3900. The Labute approximate surface area is 427 Å². The van der Waals surface area contributed by atoms with E-state index >= 15 is 0 Å². The smallest absolute Gasteiger partial charge is 0.338 e. The predicted octanol–water partition coefficient (Wildman–Crippen LogP) is 14.5. The molecule has 6 N–H and O–H groups in total. The van der Waals surface area contributed by atoms with Crippen molar-refractivity contribution in [2.75, 3.05) is 5.32 Å². The molecule has 0 radical (unpaired) electrons. The first-order valence-electron chi connectivity index (χ1n) is 21.7. The zero-order valence-corrected chi connectivity index (χ0v) is 41.3. The number of hydrogen-bond acceptors (Lipinski definition) is 21. The molecule has 0 aliphatic heterocycles. The van der Waals surface area contributed by atoms with Crippen molar-refractivity contribution in [2.24, 2.45) is 30.7 Å². The second kappa shape index (κ2) is 21.6. The molecule has 9 aromatic rings. The molecule has 0 unspecified atom stereocenters. The van der Waals surface area contributed by atoms with Crippen LogP contribution in [0.1, 0.15) is 32.6 Å². The summed E-state index contributed by atoms with van der Waals surface area (Å²) in [5.41, 5.74) is 7.27. The molecule has 22 nitrogen and oxygen atoms in total. The van der Waals surface area contributed by atoms with Gasteiger partial charge in [0.15, 0.2) is 5.75 Å². The van der Waals surface area contributed by atoms with Gasteiger partial charge in [0.2, 0.25) is 0 Å². The summed E-state index contributed by atoms with van der Waals surface area (Å²) in [6.45, 7) is 7.34. The van der Waals surface area contributed by atoms with Crippen molar-refractivity contribution < 1.29 is 57.2 Å². The first-order valence-corrected chi connectivity index (χ1v) is 24.6. The molecule has 0 aliphatic rings. The number of para-hydroxylation sites is 1. The van der Waals surface area contributed by atoms with Gasteiger partial charge in [-0.3, -0.25) is 4.55 Å². The van der Waals surface area contributed by atoms with Gasteiger partial charge in [0.25, 0.3) is 10.1 Å². The highest BCUT2D eigenvalue weighted by molar-refractivity contribution is 7.95. The lowest BCUT2D eigenvalue weighted by molar-refractivity contribution is -0.432. The Balaban J connectivity index is 0.929. The van der Waals surface area contributed by atoms with Crippen molar-refractivity contribution in [2.45, 2.75) is 42.4 Å². The van der Waals surface area contributed by atoms with Gasteiger partial charge in [-0.25, -0.2) is 15.3 Å². The molecule has 8 aromatic carbocycles. The number of nitrogens with zero attached hydrogens (tertiary/aromatic N) is 9. The molecule has 0 spiro atoms. The number of aromatic hydroxyl groups is 1. The highest BCUT2D eigenvalue weighted by Gasteiger charge is 2.21. The highest BCUT2D eigenvalue weighted by atomic mass is 32.2. The van der Waals surface area contributed by atoms with Gasteiger partial charge in [0.05, 0.1) is 67.9 Å². The molecule has 0 fully saturated rings. The van der Waals surface area contributed by atoms with Crippen LogP contribution in [0.15, 0.2) is 167 Å². The number of nitrogens with one attached hydrogen (secondary N) is 1. The van der Waals surface area contributed by atoms with Crippen LogP contribution in [0.3, 0.4) is 0 Å². The summed E-state index contributed by atoms with van der Waals surface area (Å²) < 4.78 is 43.3. The molecule has 374 valence electrons. The van der Waals surface area contributed by atoms with Crippen LogP contribution in [0.25, 0.3) is 38.3 Å². The lowest BCUT2D eigenvalue weighted by Crippen LogP contribution is -2.07. The van der Waals surface area contributed by atoms with Crippen molar-refractivity contribution in [3.8, 4) is 11.4 Å². The molecule has 25 heteroatoms. The molecule has 0 bridgehead atoms. The van der Waals surface area contributed by atoms with E-state index in [-0.39, 0.29) is 49.7 Å². The van der Waals surface area contributed by atoms with Gasteiger partial charge in [-0.05, 0) is 152 Å². The third-order valence-electron chi connectivity index (χ3n) is 11.4. The maximum absolute atomic E-state index is 12.6. The summed E-state index contributed by atoms with van der Waals surface area (Å²) in [4.78, 5) is 13.6. The summed E-state index contributed by atoms with van der Waals surface area (Å²) >= 11 is 1.13. The molecule has 1 heterocycles. The lowest BCUT2D eigenvalue weighted by atomic mass is 10.1. The fraction of sp³-hybridized carbons (Fsp3) is 0.0816. The Kier molecular flexibility index (Phi) is 14.8. The third-order valence-corrected chi connectivity index (χ3v) is 13.5. The number of azo groups is 3. The molecular formula is C49H38N10O12S3. The number of hydrogen-bond donors (Lipinski definition) is 6. The number of benzene rings is 8. The number of phenolic OH excluding ortho intramolecular Hbond substituents is 1. The Morgan fingerprint density at radius 3 is 1.82 bits per heavy atom. The van der Waals surface area contributed by atoms with Crippen LogP contribution in [-0.2, 0) is 28.9 Å². The van der Waals surface area contributed by atoms with Gasteiger partial charge in [0.1, 0.15) is 22.4 Å². The number of aryl methyl sites for hydroxylation is 4. The monoisotopic (exact) mass is 1050 g/mol. The average molecular weight is 1060 g/mol. The van der Waals surface area contributed by atoms with E-state index < -0.39 is 21.0 Å². The molecule has 0 amide bonds. The SMILES string of the molecule is Cc1cc(N=Nc2cc(C)c(N=Nc3c(SOOO)cc4cc(Nc5ccccc5)ccc4c3O)cc2C)c(C)cc1N=Nc1ccc(-n2nc3ccc4c(SOOO)cc(S(=O)(=O)O)cc4c3n2)c(C(=O)O)c1. The molecule has 9 rings (SSSR count). The molecule has 0 aliphatic carbocycles. The van der Waals surface area contributed by atoms with E-state index in [0.29, 0.717) is 79.0 Å². The van der Waals surface area contributed by atoms with Gasteiger partial charge in [-0.1, -0.05) is 34.3 Å². The van der Waals surface area contributed by atoms with Crippen molar-refractivity contribution in [3.63, 3.8) is 0 Å². The van der Waals surface area contributed by atoms with E-state index in [1.807, 2.05) is 76.2 Å². The lowest BCUT2D eigenvalue weighted by Gasteiger charge is -2.12. The number of carboxylic acids is 1. The van der Waals surface area contributed by atoms with Crippen LogP contribution in [-0.4, -0.2) is 54.7 Å². The summed E-state index contributed by atoms with van der Waals surface area (Å²) in [5.74, 6) is -1.47. The number of rotatable bonds is 17. The standard InChI is InChI=1S/C49H38N10O12S3/c1-25-17-40(53-54-41-18-28(4)42(19-27(41)3)55-56-47-45(73-71-69-64)21-29-20-31(10-12-34(29)48(47)60)50-30-8-6-5-7-9-30)26(2)16-39(25)52-51-32-11-15-43(37(22-32)49(61)62)59-57-38-14-13-35-36(46(38)58-59)23-33(74(65,66)67)24-44(35)72-70-68-63/h5-24,50,60,63-64H,1-4H3,(H,61,62)(H,65,66,67). The number of aromatic nitrogens is 3. The number of anilines is 2. The Hall–Kier alpha value is -8.08. The van der Waals surface area contributed by atoms with Crippen LogP contribution in [0.5, 0.6) is 5.75 Å². The van der Waals surface area contributed by atoms with Crippen molar-refractivity contribution in [1.29, 1.82) is 0 Å². The number of carboxylic acid groups (broad SMARTS) is 1. The largest absolute Gasteiger partial charge is 0.505 e. The fourth-order valence-electron chi connectivity index (χ4n) is 7.72. The molecule has 0 atom stereocenters. The van der Waals surface area contributed by atoms with Gasteiger partial charge in [-0.2, -0.15) is 34.0 Å². The summed E-state index contributed by atoms with van der Waals surface area (Å²) in [7, 11) is -4.70. The van der Waals surface area contributed by atoms with E-state index in [0.717, 1.165) is 33.4 Å². The van der Waals surface area contributed by atoms with Crippen LogP contribution < -0.4 is 5.32 Å². The minimum Gasteiger partial charge on any atom is -0.505 e. The summed E-state index contributed by atoms with van der Waals surface area (Å²) in [6, 6.07) is 33.7. The van der Waals surface area contributed by atoms with Crippen molar-refractivity contribution in [3.05, 3.63) is 149 Å². The van der Waals surface area contributed by atoms with Gasteiger partial charge in [0, 0.05) is 32.4 Å². The molecular weight excluding hydrogens is 1020 g/mol. The first kappa shape index (κ1) is 50.8. The van der Waals surface area contributed by atoms with E-state index in [1.165, 1.54) is 24.3 Å². The minimum absolute atomic E-state index is 0.0623. The van der Waals surface area contributed by atoms with Gasteiger partial charge < -0.3 is 15.5 Å². The van der Waals surface area contributed by atoms with Crippen LogP contribution in [0.4, 0.5) is 45.5 Å². The van der Waals surface area contributed by atoms with Gasteiger partial charge in [-0.15, -0.1) is 28.8 Å². The van der Waals surface area contributed by atoms with E-state index in [1.54, 1.807) is 42.5 Å². The maximum atomic E-state index is 12.6. The van der Waals surface area contributed by atoms with Crippen molar-refractivity contribution in [1.82, 2.24) is 15.0 Å². The zero-order valence-electron chi connectivity index (χ0n) is 38.9. The fourth-order valence-corrected chi connectivity index (χ4v) is 9.37. The topological polar surface area (TPSA) is 306 Å². The third kappa shape index (κ3) is 11.0.